The summed E-state index contributed by atoms with van der Waals surface area (Å²) in [6.07, 6.45) is 1.61. The van der Waals surface area contributed by atoms with Crippen molar-refractivity contribution in [2.24, 2.45) is 0 Å². The summed E-state index contributed by atoms with van der Waals surface area (Å²) >= 11 is 0. The zero-order valence-corrected chi connectivity index (χ0v) is 14.6. The van der Waals surface area contributed by atoms with Gasteiger partial charge >= 0.3 is 0 Å². The maximum Gasteiger partial charge on any atom is 0.261 e. The van der Waals surface area contributed by atoms with E-state index in [2.05, 4.69) is 15.6 Å². The van der Waals surface area contributed by atoms with E-state index in [9.17, 15) is 14.4 Å². The molecule has 3 rings (SSSR count). The summed E-state index contributed by atoms with van der Waals surface area (Å²) in [6.45, 7) is 1.14. The molecule has 134 valence electrons. The van der Waals surface area contributed by atoms with Gasteiger partial charge < -0.3 is 20.5 Å². The number of likely N-dealkylation sites (N-methyl/N-ethyl adjacent to an activating group) is 1. The molecule has 1 aliphatic heterocycles. The normalized spacial score (nSPS) is 14.4. The molecule has 0 saturated carbocycles. The third-order valence-electron chi connectivity index (χ3n) is 4.03. The summed E-state index contributed by atoms with van der Waals surface area (Å²) in [5.41, 5.74) is 2.00. The molecule has 0 unspecified atom stereocenters. The molecule has 0 bridgehead atoms. The second-order valence-electron chi connectivity index (χ2n) is 6.27. The van der Waals surface area contributed by atoms with Crippen LogP contribution < -0.4 is 16.2 Å². The number of carbonyl (C=O) groups is 2. The lowest BCUT2D eigenvalue weighted by Crippen LogP contribution is -2.34. The third kappa shape index (κ3) is 3.73. The Morgan fingerprint density at radius 1 is 1.15 bits per heavy atom. The molecule has 0 saturated heterocycles. The quantitative estimate of drug-likeness (QED) is 0.704. The predicted octanol–water partition coefficient (Wildman–Crippen LogP) is 1.16. The van der Waals surface area contributed by atoms with Gasteiger partial charge in [0, 0.05) is 30.0 Å². The Morgan fingerprint density at radius 3 is 2.65 bits per heavy atom. The van der Waals surface area contributed by atoms with Crippen molar-refractivity contribution in [2.75, 3.05) is 32.5 Å². The lowest BCUT2D eigenvalue weighted by molar-refractivity contribution is -0.110. The van der Waals surface area contributed by atoms with Gasteiger partial charge in [-0.05, 0) is 38.4 Å². The minimum atomic E-state index is -0.492. The largest absolute Gasteiger partial charge is 0.351 e. The first-order valence-electron chi connectivity index (χ1n) is 8.24. The zero-order valence-electron chi connectivity index (χ0n) is 14.6. The summed E-state index contributed by atoms with van der Waals surface area (Å²) in [6, 6.07) is 10.4. The number of hydrogen-bond donors (Lipinski definition) is 3. The molecule has 0 fully saturated rings. The van der Waals surface area contributed by atoms with Crippen molar-refractivity contribution in [1.82, 2.24) is 15.2 Å². The Balaban J connectivity index is 1.81. The van der Waals surface area contributed by atoms with Gasteiger partial charge in [0.05, 0.1) is 5.57 Å². The van der Waals surface area contributed by atoms with Crippen molar-refractivity contribution >= 4 is 29.2 Å². The number of fused-ring (bicyclic) bond motifs is 1. The average molecular weight is 352 g/mol. The van der Waals surface area contributed by atoms with Crippen LogP contribution in [0.1, 0.15) is 21.6 Å². The van der Waals surface area contributed by atoms with E-state index in [0.717, 1.165) is 11.3 Å². The van der Waals surface area contributed by atoms with Crippen LogP contribution in [-0.2, 0) is 4.79 Å². The van der Waals surface area contributed by atoms with Crippen LogP contribution in [0, 0.1) is 0 Å². The van der Waals surface area contributed by atoms with Gasteiger partial charge in [-0.2, -0.15) is 0 Å². The number of nitrogens with zero attached hydrogens (tertiary/aromatic N) is 1. The lowest BCUT2D eigenvalue weighted by atomic mass is 10.1. The number of pyridine rings is 1. The van der Waals surface area contributed by atoms with Gasteiger partial charge in [0.25, 0.3) is 17.4 Å². The van der Waals surface area contributed by atoms with Crippen molar-refractivity contribution in [3.8, 4) is 0 Å². The second-order valence-corrected chi connectivity index (χ2v) is 6.27. The molecule has 1 aliphatic rings. The number of aromatic nitrogens is 1. The predicted molar refractivity (Wildman–Crippen MR) is 101 cm³/mol. The number of benzene rings is 1. The van der Waals surface area contributed by atoms with Crippen LogP contribution in [0.25, 0.3) is 11.6 Å². The number of hydrogen-bond acceptors (Lipinski definition) is 4. The highest BCUT2D eigenvalue weighted by Gasteiger charge is 2.23. The minimum absolute atomic E-state index is 0.0437. The lowest BCUT2D eigenvalue weighted by Gasteiger charge is -2.10. The van der Waals surface area contributed by atoms with Gasteiger partial charge in [-0.3, -0.25) is 14.4 Å². The number of nitrogens with one attached hydrogen (secondary N) is 3. The van der Waals surface area contributed by atoms with Gasteiger partial charge in [0.15, 0.2) is 0 Å². The highest BCUT2D eigenvalue weighted by Crippen LogP contribution is 2.32. The standard InChI is InChI=1S/C19H20N4O3/c1-23(2)10-9-20-17(24)14-8-7-12(21-18(14)25)11-15-13-5-3-4-6-16(13)22-19(15)26/h3-8,11H,9-10H2,1-2H3,(H,20,24)(H,21,25)(H,22,26)/b15-11-. The first kappa shape index (κ1) is 17.6. The molecule has 3 N–H and O–H groups in total. The fourth-order valence-corrected chi connectivity index (χ4v) is 2.68. The zero-order chi connectivity index (χ0) is 18.7. The van der Waals surface area contributed by atoms with E-state index in [1.807, 2.05) is 43.3 Å². The molecule has 7 heteroatoms. The van der Waals surface area contributed by atoms with Crippen molar-refractivity contribution in [3.63, 3.8) is 0 Å². The van der Waals surface area contributed by atoms with Crippen LogP contribution in [0.4, 0.5) is 5.69 Å². The fourth-order valence-electron chi connectivity index (χ4n) is 2.68. The smallest absolute Gasteiger partial charge is 0.261 e. The number of H-pyrrole nitrogens is 1. The summed E-state index contributed by atoms with van der Waals surface area (Å²) in [7, 11) is 3.80. The molecular formula is C19H20N4O3. The van der Waals surface area contributed by atoms with Crippen molar-refractivity contribution < 1.29 is 9.59 Å². The van der Waals surface area contributed by atoms with E-state index >= 15 is 0 Å². The molecule has 1 aromatic heterocycles. The maximum atomic E-state index is 12.2. The van der Waals surface area contributed by atoms with Crippen molar-refractivity contribution in [3.05, 3.63) is 63.6 Å². The van der Waals surface area contributed by atoms with Crippen LogP contribution in [0.3, 0.4) is 0 Å². The molecule has 1 aromatic carbocycles. The van der Waals surface area contributed by atoms with Crippen LogP contribution in [0.15, 0.2) is 41.2 Å². The van der Waals surface area contributed by atoms with E-state index in [4.69, 9.17) is 0 Å². The fraction of sp³-hybridized carbons (Fsp3) is 0.211. The number of rotatable bonds is 5. The monoisotopic (exact) mass is 352 g/mol. The molecule has 0 spiro atoms. The van der Waals surface area contributed by atoms with Crippen molar-refractivity contribution in [1.29, 1.82) is 0 Å². The molecular weight excluding hydrogens is 332 g/mol. The first-order chi connectivity index (χ1) is 12.5. The van der Waals surface area contributed by atoms with Gasteiger partial charge in [-0.1, -0.05) is 18.2 Å². The number of amides is 2. The van der Waals surface area contributed by atoms with Gasteiger partial charge in [-0.25, -0.2) is 0 Å². The van der Waals surface area contributed by atoms with E-state index in [1.165, 1.54) is 6.07 Å². The Bertz CT molecular complexity index is 944. The van der Waals surface area contributed by atoms with E-state index in [0.29, 0.717) is 24.4 Å². The van der Waals surface area contributed by atoms with E-state index in [1.54, 1.807) is 12.1 Å². The molecule has 0 aliphatic carbocycles. The van der Waals surface area contributed by atoms with Gasteiger partial charge in [0.2, 0.25) is 0 Å². The van der Waals surface area contributed by atoms with Gasteiger partial charge in [-0.15, -0.1) is 0 Å². The number of aromatic amines is 1. The molecule has 0 atom stereocenters. The van der Waals surface area contributed by atoms with Gasteiger partial charge in [0.1, 0.15) is 5.56 Å². The maximum absolute atomic E-state index is 12.2. The number of anilines is 1. The second kappa shape index (κ2) is 7.37. The van der Waals surface area contributed by atoms with E-state index in [-0.39, 0.29) is 11.5 Å². The SMILES string of the molecule is CN(C)CCNC(=O)c1ccc(/C=C2\C(=O)Nc3ccccc32)[nH]c1=O. The third-order valence-corrected chi connectivity index (χ3v) is 4.03. The Labute approximate surface area is 150 Å². The Hall–Kier alpha value is -3.19. The van der Waals surface area contributed by atoms with Crippen LogP contribution in [0.5, 0.6) is 0 Å². The summed E-state index contributed by atoms with van der Waals surface area (Å²) in [5.74, 6) is -0.645. The molecule has 2 aromatic rings. The number of carbonyl (C=O) groups excluding carboxylic acids is 2. The molecule has 2 heterocycles. The first-order valence-corrected chi connectivity index (χ1v) is 8.24. The average Bonchev–Trinajstić information content (AvgIpc) is 2.90. The van der Waals surface area contributed by atoms with Crippen molar-refractivity contribution in [2.45, 2.75) is 0 Å². The summed E-state index contributed by atoms with van der Waals surface area (Å²) < 4.78 is 0. The summed E-state index contributed by atoms with van der Waals surface area (Å²) in [4.78, 5) is 41.0. The highest BCUT2D eigenvalue weighted by molar-refractivity contribution is 6.34. The van der Waals surface area contributed by atoms with Crippen LogP contribution in [-0.4, -0.2) is 48.9 Å². The molecule has 0 radical (unpaired) electrons. The topological polar surface area (TPSA) is 94.3 Å². The number of para-hydroxylation sites is 1. The molecule has 26 heavy (non-hydrogen) atoms. The van der Waals surface area contributed by atoms with Crippen LogP contribution >= 0.6 is 0 Å². The Kier molecular flexibility index (Phi) is 4.99. The molecule has 2 amide bonds. The highest BCUT2D eigenvalue weighted by atomic mass is 16.2. The molecule has 7 nitrogen and oxygen atoms in total. The summed E-state index contributed by atoms with van der Waals surface area (Å²) in [5, 5.41) is 5.48. The minimum Gasteiger partial charge on any atom is -0.351 e. The van der Waals surface area contributed by atoms with E-state index < -0.39 is 11.5 Å². The Morgan fingerprint density at radius 2 is 1.92 bits per heavy atom. The van der Waals surface area contributed by atoms with Crippen LogP contribution in [0.2, 0.25) is 0 Å².